The lowest BCUT2D eigenvalue weighted by Crippen LogP contribution is -2.16. The van der Waals surface area contributed by atoms with Crippen LogP contribution in [-0.4, -0.2) is 9.91 Å². The topological polar surface area (TPSA) is 150 Å². The fraction of sp³-hybridized carbons (Fsp3) is 0. The van der Waals surface area contributed by atoms with Gasteiger partial charge in [-0.1, -0.05) is 33.8 Å². The van der Waals surface area contributed by atoms with Crippen molar-refractivity contribution >= 4 is 39.2 Å². The van der Waals surface area contributed by atoms with Crippen molar-refractivity contribution in [3.05, 3.63) is 78.5 Å². The van der Waals surface area contributed by atoms with Crippen LogP contribution in [-0.2, 0) is 0 Å². The van der Waals surface area contributed by atoms with Gasteiger partial charge in [-0.15, -0.1) is 0 Å². The molecule has 0 aliphatic carbocycles. The molecule has 3 N–H and O–H groups in total. The molecule has 0 bridgehead atoms. The van der Waals surface area contributed by atoms with Crippen LogP contribution in [0.25, 0.3) is 11.1 Å². The summed E-state index contributed by atoms with van der Waals surface area (Å²) >= 11 is 4.53. The summed E-state index contributed by atoms with van der Waals surface area (Å²) in [6.45, 7) is 0. The maximum absolute atomic E-state index is 12.1. The first-order valence-electron chi connectivity index (χ1n) is 7.94. The number of nitro benzene ring substituents is 1. The Kier molecular flexibility index (Phi) is 5.69. The average molecular weight is 468 g/mol. The van der Waals surface area contributed by atoms with E-state index in [2.05, 4.69) is 20.9 Å². The van der Waals surface area contributed by atoms with Gasteiger partial charge in [0.25, 0.3) is 11.2 Å². The van der Waals surface area contributed by atoms with Gasteiger partial charge < -0.3 is 10.7 Å². The minimum Gasteiger partial charge on any atom is -0.384 e. The minimum atomic E-state index is -0.769. The number of nitrogens with two attached hydrogens (primary N) is 1. The number of hydrogen-bond donors (Lipinski definition) is 2. The highest BCUT2D eigenvalue weighted by atomic mass is 79.9. The first kappa shape index (κ1) is 20.1. The monoisotopic (exact) mass is 467 g/mol. The molecule has 0 fully saturated rings. The van der Waals surface area contributed by atoms with Gasteiger partial charge in [0.2, 0.25) is 0 Å². The predicted molar refractivity (Wildman–Crippen MR) is 111 cm³/mol. The van der Waals surface area contributed by atoms with E-state index in [0.717, 1.165) is 9.37 Å². The maximum atomic E-state index is 12.1. The van der Waals surface area contributed by atoms with Crippen molar-refractivity contribution in [2.75, 3.05) is 5.73 Å². The molecule has 0 saturated carbocycles. The predicted octanol–water partition coefficient (Wildman–Crippen LogP) is 4.19. The summed E-state index contributed by atoms with van der Waals surface area (Å²) in [5, 5.41) is 30.4. The summed E-state index contributed by atoms with van der Waals surface area (Å²) in [5.41, 5.74) is 4.42. The third-order valence-corrected chi connectivity index (χ3v) is 5.56. The van der Waals surface area contributed by atoms with Gasteiger partial charge in [0.1, 0.15) is 29.1 Å². The highest BCUT2D eigenvalue weighted by molar-refractivity contribution is 9.10. The second-order valence-corrected chi connectivity index (χ2v) is 7.74. The average Bonchev–Trinajstić information content (AvgIpc) is 2.69. The normalized spacial score (nSPS) is 10.2. The second-order valence-electron chi connectivity index (χ2n) is 5.71. The molecule has 0 spiro atoms. The molecule has 2 aromatic carbocycles. The summed E-state index contributed by atoms with van der Waals surface area (Å²) < 4.78 is 0.881. The molecule has 0 aliphatic heterocycles. The number of anilines is 1. The molecule has 3 aromatic rings. The quantitative estimate of drug-likeness (QED) is 0.431. The zero-order chi connectivity index (χ0) is 21.1. The lowest BCUT2D eigenvalue weighted by molar-refractivity contribution is -0.387. The summed E-state index contributed by atoms with van der Waals surface area (Å²) in [5.74, 6) is -0.206. The van der Waals surface area contributed by atoms with Crippen molar-refractivity contribution in [3.8, 4) is 23.3 Å². The number of nitro groups is 1. The SMILES string of the molecule is N#Cc1c(N)[nH]c(=O)c(C#N)c1-c1ccc(Sc2ccc(Br)cc2)c([N+](=O)[O-])c1. The molecule has 0 unspecified atom stereocenters. The molecule has 29 heavy (non-hydrogen) atoms. The smallest absolute Gasteiger partial charge is 0.283 e. The van der Waals surface area contributed by atoms with Crippen LogP contribution in [0.15, 0.2) is 61.5 Å². The number of aromatic amines is 1. The third-order valence-electron chi connectivity index (χ3n) is 3.95. The Labute approximate surface area is 176 Å². The summed E-state index contributed by atoms with van der Waals surface area (Å²) in [6, 6.07) is 15.1. The van der Waals surface area contributed by atoms with E-state index < -0.39 is 10.5 Å². The van der Waals surface area contributed by atoms with Crippen molar-refractivity contribution < 1.29 is 4.92 Å². The van der Waals surface area contributed by atoms with E-state index in [1.165, 1.54) is 30.0 Å². The number of nitrogens with zero attached hydrogens (tertiary/aromatic N) is 3. The number of aromatic nitrogens is 1. The molecule has 1 aromatic heterocycles. The fourth-order valence-corrected chi connectivity index (χ4v) is 3.83. The number of nitrogens with one attached hydrogen (secondary N) is 1. The number of rotatable bonds is 4. The number of H-pyrrole nitrogens is 1. The zero-order valence-corrected chi connectivity index (χ0v) is 16.9. The number of nitrogen functional groups attached to an aromatic ring is 1. The number of benzene rings is 2. The Morgan fingerprint density at radius 1 is 1.10 bits per heavy atom. The van der Waals surface area contributed by atoms with Gasteiger partial charge >= 0.3 is 0 Å². The van der Waals surface area contributed by atoms with Crippen LogP contribution in [0.2, 0.25) is 0 Å². The molecule has 10 heteroatoms. The Morgan fingerprint density at radius 2 is 1.76 bits per heavy atom. The van der Waals surface area contributed by atoms with Gasteiger partial charge in [0.05, 0.1) is 9.82 Å². The molecule has 0 radical (unpaired) electrons. The van der Waals surface area contributed by atoms with Gasteiger partial charge in [-0.2, -0.15) is 10.5 Å². The molecule has 0 amide bonds. The van der Waals surface area contributed by atoms with E-state index >= 15 is 0 Å². The van der Waals surface area contributed by atoms with E-state index in [1.807, 2.05) is 30.3 Å². The summed E-state index contributed by atoms with van der Waals surface area (Å²) in [6.07, 6.45) is 0. The Bertz CT molecular complexity index is 1270. The maximum Gasteiger partial charge on any atom is 0.283 e. The number of nitriles is 2. The minimum absolute atomic E-state index is 0.0282. The number of pyridine rings is 1. The Morgan fingerprint density at radius 3 is 2.34 bits per heavy atom. The van der Waals surface area contributed by atoms with E-state index in [0.29, 0.717) is 4.90 Å². The third kappa shape index (κ3) is 3.99. The van der Waals surface area contributed by atoms with Crippen LogP contribution >= 0.6 is 27.7 Å². The van der Waals surface area contributed by atoms with Gasteiger partial charge in [-0.25, -0.2) is 0 Å². The van der Waals surface area contributed by atoms with Crippen molar-refractivity contribution in [1.29, 1.82) is 10.5 Å². The van der Waals surface area contributed by atoms with Gasteiger partial charge in [-0.3, -0.25) is 14.9 Å². The van der Waals surface area contributed by atoms with E-state index in [1.54, 1.807) is 6.07 Å². The molecule has 8 nitrogen and oxygen atoms in total. The Balaban J connectivity index is 2.19. The van der Waals surface area contributed by atoms with Crippen molar-refractivity contribution in [2.24, 2.45) is 0 Å². The molecule has 142 valence electrons. The first-order valence-corrected chi connectivity index (χ1v) is 9.54. The standard InChI is InChI=1S/C19H10BrN5O3S/c20-11-2-4-12(5-3-11)29-16-6-1-10(7-15(16)25(27)28)17-13(8-21)18(23)24-19(26)14(17)9-22/h1-7H,(H3,23,24,26). The first-order chi connectivity index (χ1) is 13.8. The highest BCUT2D eigenvalue weighted by Crippen LogP contribution is 2.39. The summed E-state index contributed by atoms with van der Waals surface area (Å²) in [4.78, 5) is 26.6. The zero-order valence-electron chi connectivity index (χ0n) is 14.5. The molecular formula is C19H10BrN5O3S. The van der Waals surface area contributed by atoms with Crippen LogP contribution < -0.4 is 11.3 Å². The van der Waals surface area contributed by atoms with Crippen molar-refractivity contribution in [1.82, 2.24) is 4.98 Å². The Hall–Kier alpha value is -3.60. The second kappa shape index (κ2) is 8.19. The largest absolute Gasteiger partial charge is 0.384 e. The van der Waals surface area contributed by atoms with E-state index in [-0.39, 0.29) is 33.8 Å². The lowest BCUT2D eigenvalue weighted by Gasteiger charge is -2.10. The van der Waals surface area contributed by atoms with Crippen LogP contribution in [0, 0.1) is 32.8 Å². The van der Waals surface area contributed by atoms with Gasteiger partial charge in [0, 0.05) is 21.0 Å². The molecule has 0 saturated heterocycles. The number of hydrogen-bond acceptors (Lipinski definition) is 7. The van der Waals surface area contributed by atoms with E-state index in [4.69, 9.17) is 5.73 Å². The highest BCUT2D eigenvalue weighted by Gasteiger charge is 2.22. The number of halogens is 1. The lowest BCUT2D eigenvalue weighted by atomic mass is 9.96. The molecule has 1 heterocycles. The molecule has 3 rings (SSSR count). The molecular weight excluding hydrogens is 458 g/mol. The van der Waals surface area contributed by atoms with Crippen LogP contribution in [0.1, 0.15) is 11.1 Å². The van der Waals surface area contributed by atoms with Crippen molar-refractivity contribution in [2.45, 2.75) is 9.79 Å². The van der Waals surface area contributed by atoms with Crippen molar-refractivity contribution in [3.63, 3.8) is 0 Å². The summed E-state index contributed by atoms with van der Waals surface area (Å²) in [7, 11) is 0. The van der Waals surface area contributed by atoms with Gasteiger partial charge in [0.15, 0.2) is 0 Å². The molecule has 0 aliphatic rings. The van der Waals surface area contributed by atoms with Gasteiger partial charge in [-0.05, 0) is 35.9 Å². The van der Waals surface area contributed by atoms with Crippen LogP contribution in [0.3, 0.4) is 0 Å². The molecule has 0 atom stereocenters. The van der Waals surface area contributed by atoms with Crippen LogP contribution in [0.4, 0.5) is 11.5 Å². The fourth-order valence-electron chi connectivity index (χ4n) is 2.66. The van der Waals surface area contributed by atoms with Crippen LogP contribution in [0.5, 0.6) is 0 Å². The van der Waals surface area contributed by atoms with E-state index in [9.17, 15) is 25.4 Å².